The largest absolute Gasteiger partial charge is 0.382 e. The van der Waals surface area contributed by atoms with Gasteiger partial charge in [0.25, 0.3) is 0 Å². The van der Waals surface area contributed by atoms with Crippen molar-refractivity contribution in [3.8, 4) is 0 Å². The predicted octanol–water partition coefficient (Wildman–Crippen LogP) is 3.19. The molecule has 0 aromatic heterocycles. The van der Waals surface area contributed by atoms with Gasteiger partial charge in [0.05, 0.1) is 19.8 Å². The summed E-state index contributed by atoms with van der Waals surface area (Å²) in [6.45, 7) is 1.23. The fourth-order valence-electron chi connectivity index (χ4n) is 3.55. The molecular weight excluding hydrogens is 372 g/mol. The summed E-state index contributed by atoms with van der Waals surface area (Å²) in [6.07, 6.45) is -2.11. The topological polar surface area (TPSA) is 55.4 Å². The van der Waals surface area contributed by atoms with Gasteiger partial charge in [0, 0.05) is 21.3 Å². The molecule has 1 aliphatic rings. The first-order valence-corrected chi connectivity index (χ1v) is 9.78. The molecule has 2 aromatic rings. The second-order valence-corrected chi connectivity index (χ2v) is 6.96. The van der Waals surface area contributed by atoms with E-state index in [1.54, 1.807) is 21.3 Å². The fourth-order valence-corrected chi connectivity index (χ4v) is 3.55. The molecule has 29 heavy (non-hydrogen) atoms. The maximum Gasteiger partial charge on any atom is 0.186 e. The highest BCUT2D eigenvalue weighted by atomic mass is 16.7. The van der Waals surface area contributed by atoms with Crippen molar-refractivity contribution in [2.45, 2.75) is 43.9 Å². The van der Waals surface area contributed by atoms with Crippen molar-refractivity contribution in [2.75, 3.05) is 27.9 Å². The standard InChI is InChI=1S/C23H30O6/c1-24-16-19-20(27-14-17-10-6-4-7-11-17)21(25-2)22(23(26-3)29-19)28-15-18-12-8-5-9-13-18/h4-13,19-23H,14-16H2,1-3H3/t19-,20-,21+,22-,23+/m1/s1. The molecule has 6 nitrogen and oxygen atoms in total. The Balaban J connectivity index is 1.74. The predicted molar refractivity (Wildman–Crippen MR) is 108 cm³/mol. The van der Waals surface area contributed by atoms with E-state index < -0.39 is 12.4 Å². The molecule has 0 amide bonds. The summed E-state index contributed by atoms with van der Waals surface area (Å²) in [7, 11) is 4.90. The smallest absolute Gasteiger partial charge is 0.186 e. The lowest BCUT2D eigenvalue weighted by Crippen LogP contribution is -2.61. The number of methoxy groups -OCH3 is 3. The Morgan fingerprint density at radius 1 is 0.690 bits per heavy atom. The molecule has 0 radical (unpaired) electrons. The van der Waals surface area contributed by atoms with E-state index in [0.717, 1.165) is 11.1 Å². The second kappa shape index (κ2) is 11.4. The maximum absolute atomic E-state index is 6.25. The van der Waals surface area contributed by atoms with E-state index >= 15 is 0 Å². The zero-order valence-electron chi connectivity index (χ0n) is 17.2. The molecule has 3 rings (SSSR count). The molecule has 0 saturated carbocycles. The van der Waals surface area contributed by atoms with E-state index in [-0.39, 0.29) is 18.3 Å². The summed E-state index contributed by atoms with van der Waals surface area (Å²) in [5.41, 5.74) is 2.15. The van der Waals surface area contributed by atoms with Gasteiger partial charge in [-0.1, -0.05) is 60.7 Å². The molecule has 1 heterocycles. The lowest BCUT2D eigenvalue weighted by molar-refractivity contribution is -0.317. The Hall–Kier alpha value is -1.80. The van der Waals surface area contributed by atoms with Crippen LogP contribution in [0.1, 0.15) is 11.1 Å². The summed E-state index contributed by atoms with van der Waals surface area (Å²) in [4.78, 5) is 0. The van der Waals surface area contributed by atoms with E-state index in [1.165, 1.54) is 0 Å². The minimum absolute atomic E-state index is 0.338. The molecule has 0 N–H and O–H groups in total. The Morgan fingerprint density at radius 2 is 1.24 bits per heavy atom. The van der Waals surface area contributed by atoms with Crippen LogP contribution in [-0.4, -0.2) is 58.6 Å². The van der Waals surface area contributed by atoms with Crippen molar-refractivity contribution in [3.05, 3.63) is 71.8 Å². The first kappa shape index (κ1) is 21.9. The van der Waals surface area contributed by atoms with Crippen molar-refractivity contribution >= 4 is 0 Å². The first-order chi connectivity index (χ1) is 14.3. The summed E-state index contributed by atoms with van der Waals surface area (Å²) in [5, 5.41) is 0. The fraction of sp³-hybridized carbons (Fsp3) is 0.478. The quantitative estimate of drug-likeness (QED) is 0.608. The third-order valence-corrected chi connectivity index (χ3v) is 5.00. The van der Waals surface area contributed by atoms with Crippen LogP contribution >= 0.6 is 0 Å². The van der Waals surface area contributed by atoms with Crippen molar-refractivity contribution in [1.29, 1.82) is 0 Å². The normalized spacial score (nSPS) is 27.1. The minimum Gasteiger partial charge on any atom is -0.382 e. The molecule has 6 heteroatoms. The van der Waals surface area contributed by atoms with E-state index in [9.17, 15) is 0 Å². The number of rotatable bonds is 10. The van der Waals surface area contributed by atoms with Gasteiger partial charge in [0.2, 0.25) is 0 Å². The first-order valence-electron chi connectivity index (χ1n) is 9.78. The third-order valence-electron chi connectivity index (χ3n) is 5.00. The van der Waals surface area contributed by atoms with Gasteiger partial charge in [0.1, 0.15) is 24.4 Å². The monoisotopic (exact) mass is 402 g/mol. The van der Waals surface area contributed by atoms with Crippen LogP contribution in [0.3, 0.4) is 0 Å². The molecular formula is C23H30O6. The number of benzene rings is 2. The highest BCUT2D eigenvalue weighted by molar-refractivity contribution is 5.14. The van der Waals surface area contributed by atoms with E-state index in [0.29, 0.717) is 19.8 Å². The van der Waals surface area contributed by atoms with Crippen LogP contribution in [0.25, 0.3) is 0 Å². The Kier molecular flexibility index (Phi) is 8.61. The molecule has 1 fully saturated rings. The maximum atomic E-state index is 6.25. The van der Waals surface area contributed by atoms with Gasteiger partial charge in [-0.05, 0) is 11.1 Å². The minimum atomic E-state index is -0.583. The molecule has 0 aliphatic carbocycles. The van der Waals surface area contributed by atoms with Crippen molar-refractivity contribution in [3.63, 3.8) is 0 Å². The van der Waals surface area contributed by atoms with Crippen LogP contribution in [0.5, 0.6) is 0 Å². The third kappa shape index (κ3) is 5.85. The number of hydrogen-bond acceptors (Lipinski definition) is 6. The van der Waals surface area contributed by atoms with Crippen molar-refractivity contribution in [2.24, 2.45) is 0 Å². The van der Waals surface area contributed by atoms with Gasteiger partial charge < -0.3 is 28.4 Å². The molecule has 0 spiro atoms. The van der Waals surface area contributed by atoms with Gasteiger partial charge in [-0.2, -0.15) is 0 Å². The highest BCUT2D eigenvalue weighted by Gasteiger charge is 2.48. The van der Waals surface area contributed by atoms with Crippen molar-refractivity contribution < 1.29 is 28.4 Å². The Labute approximate surface area is 172 Å². The molecule has 0 unspecified atom stereocenters. The van der Waals surface area contributed by atoms with Gasteiger partial charge in [-0.3, -0.25) is 0 Å². The zero-order valence-corrected chi connectivity index (χ0v) is 17.2. The summed E-state index contributed by atoms with van der Waals surface area (Å²) in [5.74, 6) is 0. The van der Waals surface area contributed by atoms with E-state index in [2.05, 4.69) is 0 Å². The average Bonchev–Trinajstić information content (AvgIpc) is 2.78. The number of ether oxygens (including phenoxy) is 6. The van der Waals surface area contributed by atoms with E-state index in [1.807, 2.05) is 60.7 Å². The van der Waals surface area contributed by atoms with Gasteiger partial charge in [0.15, 0.2) is 6.29 Å². The molecule has 2 aromatic carbocycles. The summed E-state index contributed by atoms with van der Waals surface area (Å²) in [6, 6.07) is 20.0. The molecule has 5 atom stereocenters. The highest BCUT2D eigenvalue weighted by Crippen LogP contribution is 2.29. The van der Waals surface area contributed by atoms with E-state index in [4.69, 9.17) is 28.4 Å². The lowest BCUT2D eigenvalue weighted by atomic mass is 9.98. The van der Waals surface area contributed by atoms with Gasteiger partial charge in [-0.15, -0.1) is 0 Å². The van der Waals surface area contributed by atoms with Crippen LogP contribution in [-0.2, 0) is 41.6 Å². The number of hydrogen-bond donors (Lipinski definition) is 0. The second-order valence-electron chi connectivity index (χ2n) is 6.96. The van der Waals surface area contributed by atoms with Crippen LogP contribution < -0.4 is 0 Å². The SMILES string of the molecule is COC[C@H]1O[C@H](OC)[C@H](OCc2ccccc2)[C@@H](OC)[C@@H]1OCc1ccccc1. The van der Waals surface area contributed by atoms with Gasteiger partial charge in [-0.25, -0.2) is 0 Å². The van der Waals surface area contributed by atoms with Crippen LogP contribution in [0.2, 0.25) is 0 Å². The molecule has 1 aliphatic heterocycles. The molecule has 1 saturated heterocycles. The zero-order chi connectivity index (χ0) is 20.5. The molecule has 158 valence electrons. The Morgan fingerprint density at radius 3 is 1.72 bits per heavy atom. The Bertz CT molecular complexity index is 695. The summed E-state index contributed by atoms with van der Waals surface area (Å²) >= 11 is 0. The van der Waals surface area contributed by atoms with Crippen LogP contribution in [0.15, 0.2) is 60.7 Å². The van der Waals surface area contributed by atoms with Crippen LogP contribution in [0, 0.1) is 0 Å². The van der Waals surface area contributed by atoms with Crippen LogP contribution in [0.4, 0.5) is 0 Å². The van der Waals surface area contributed by atoms with Crippen molar-refractivity contribution in [1.82, 2.24) is 0 Å². The van der Waals surface area contributed by atoms with Gasteiger partial charge >= 0.3 is 0 Å². The molecule has 0 bridgehead atoms. The summed E-state index contributed by atoms with van der Waals surface area (Å²) < 4.78 is 35.3. The average molecular weight is 402 g/mol. The lowest BCUT2D eigenvalue weighted by Gasteiger charge is -2.45.